The van der Waals surface area contributed by atoms with Gasteiger partial charge >= 0.3 is 0 Å². The van der Waals surface area contributed by atoms with Crippen LogP contribution in [0.25, 0.3) is 0 Å². The van der Waals surface area contributed by atoms with Crippen molar-refractivity contribution in [3.8, 4) is 5.75 Å². The molecule has 4 nitrogen and oxygen atoms in total. The molecule has 1 N–H and O–H groups in total. The number of ether oxygens (including phenoxy) is 1. The van der Waals surface area contributed by atoms with Gasteiger partial charge in [0.2, 0.25) is 0 Å². The SMILES string of the molecule is COc1cc(Br)ccc1C(=O)Nc1ccncc1F. The topological polar surface area (TPSA) is 51.2 Å². The van der Waals surface area contributed by atoms with Crippen LogP contribution in [0.3, 0.4) is 0 Å². The number of benzene rings is 1. The number of rotatable bonds is 3. The Morgan fingerprint density at radius 3 is 2.89 bits per heavy atom. The second-order valence-electron chi connectivity index (χ2n) is 3.65. The molecule has 0 fully saturated rings. The highest BCUT2D eigenvalue weighted by Crippen LogP contribution is 2.24. The van der Waals surface area contributed by atoms with Gasteiger partial charge in [-0.25, -0.2) is 4.39 Å². The van der Waals surface area contributed by atoms with Crippen molar-refractivity contribution in [1.82, 2.24) is 4.98 Å². The molecule has 0 atom stereocenters. The number of aromatic nitrogens is 1. The maximum atomic E-state index is 13.4. The van der Waals surface area contributed by atoms with E-state index >= 15 is 0 Å². The van der Waals surface area contributed by atoms with Gasteiger partial charge in [0.15, 0.2) is 5.82 Å². The molecule has 0 saturated heterocycles. The van der Waals surface area contributed by atoms with Crippen molar-refractivity contribution in [2.45, 2.75) is 0 Å². The summed E-state index contributed by atoms with van der Waals surface area (Å²) in [6.07, 6.45) is 2.44. The van der Waals surface area contributed by atoms with E-state index in [-0.39, 0.29) is 5.69 Å². The first kappa shape index (κ1) is 13.5. The molecule has 0 bridgehead atoms. The van der Waals surface area contributed by atoms with E-state index in [0.29, 0.717) is 11.3 Å². The van der Waals surface area contributed by atoms with Gasteiger partial charge in [-0.1, -0.05) is 15.9 Å². The molecule has 0 unspecified atom stereocenters. The number of pyridine rings is 1. The Bertz CT molecular complexity index is 619. The summed E-state index contributed by atoms with van der Waals surface area (Å²) in [7, 11) is 1.46. The summed E-state index contributed by atoms with van der Waals surface area (Å²) in [6, 6.07) is 6.36. The minimum Gasteiger partial charge on any atom is -0.496 e. The average Bonchev–Trinajstić information content (AvgIpc) is 2.41. The van der Waals surface area contributed by atoms with Gasteiger partial charge in [-0.2, -0.15) is 0 Å². The summed E-state index contributed by atoms with van der Waals surface area (Å²) in [5.41, 5.74) is 0.395. The van der Waals surface area contributed by atoms with Crippen LogP contribution >= 0.6 is 15.9 Å². The number of hydrogen-bond donors (Lipinski definition) is 1. The van der Waals surface area contributed by atoms with Gasteiger partial charge < -0.3 is 10.1 Å². The van der Waals surface area contributed by atoms with E-state index in [1.165, 1.54) is 19.4 Å². The number of carbonyl (C=O) groups is 1. The second-order valence-corrected chi connectivity index (χ2v) is 4.57. The molecule has 2 aromatic rings. The predicted octanol–water partition coefficient (Wildman–Crippen LogP) is 3.24. The number of nitrogens with one attached hydrogen (secondary N) is 1. The summed E-state index contributed by atoms with van der Waals surface area (Å²) < 4.78 is 19.3. The van der Waals surface area contributed by atoms with Crippen molar-refractivity contribution in [1.29, 1.82) is 0 Å². The molecule has 1 aromatic carbocycles. The van der Waals surface area contributed by atoms with Crippen LogP contribution in [0.1, 0.15) is 10.4 Å². The number of hydrogen-bond acceptors (Lipinski definition) is 3. The lowest BCUT2D eigenvalue weighted by Crippen LogP contribution is -2.14. The molecule has 6 heteroatoms. The third kappa shape index (κ3) is 3.08. The first-order valence-electron chi connectivity index (χ1n) is 5.36. The number of amides is 1. The minimum atomic E-state index is -0.591. The minimum absolute atomic E-state index is 0.0740. The first-order valence-corrected chi connectivity index (χ1v) is 6.15. The lowest BCUT2D eigenvalue weighted by atomic mass is 10.2. The van der Waals surface area contributed by atoms with Crippen molar-refractivity contribution in [2.75, 3.05) is 12.4 Å². The molecular weight excluding hydrogens is 315 g/mol. The normalized spacial score (nSPS) is 10.1. The Morgan fingerprint density at radius 2 is 2.21 bits per heavy atom. The van der Waals surface area contributed by atoms with Crippen molar-refractivity contribution < 1.29 is 13.9 Å². The smallest absolute Gasteiger partial charge is 0.259 e. The van der Waals surface area contributed by atoms with Crippen LogP contribution in [0, 0.1) is 5.82 Å². The fourth-order valence-corrected chi connectivity index (χ4v) is 1.86. The molecule has 0 aliphatic heterocycles. The average molecular weight is 325 g/mol. The van der Waals surface area contributed by atoms with Gasteiger partial charge in [-0.05, 0) is 24.3 Å². The highest BCUT2D eigenvalue weighted by Gasteiger charge is 2.14. The molecule has 0 saturated carbocycles. The second kappa shape index (κ2) is 5.79. The van der Waals surface area contributed by atoms with Crippen LogP contribution in [0.4, 0.5) is 10.1 Å². The molecule has 2 rings (SSSR count). The molecular formula is C13H10BrFN2O2. The fraction of sp³-hybridized carbons (Fsp3) is 0.0769. The van der Waals surface area contributed by atoms with Gasteiger partial charge in [0.1, 0.15) is 5.75 Å². The van der Waals surface area contributed by atoms with E-state index in [1.54, 1.807) is 18.2 Å². The number of nitrogens with zero attached hydrogens (tertiary/aromatic N) is 1. The largest absolute Gasteiger partial charge is 0.496 e. The summed E-state index contributed by atoms with van der Waals surface area (Å²) >= 11 is 3.28. The van der Waals surface area contributed by atoms with Crippen LogP contribution in [-0.2, 0) is 0 Å². The van der Waals surface area contributed by atoms with E-state index in [1.807, 2.05) is 0 Å². The Morgan fingerprint density at radius 1 is 1.42 bits per heavy atom. The summed E-state index contributed by atoms with van der Waals surface area (Å²) in [6.45, 7) is 0. The molecule has 1 amide bonds. The van der Waals surface area contributed by atoms with E-state index in [9.17, 15) is 9.18 Å². The van der Waals surface area contributed by atoms with Gasteiger partial charge in [-0.15, -0.1) is 0 Å². The van der Waals surface area contributed by atoms with Crippen molar-refractivity contribution in [2.24, 2.45) is 0 Å². The van der Waals surface area contributed by atoms with Crippen LogP contribution in [0.2, 0.25) is 0 Å². The van der Waals surface area contributed by atoms with Crippen LogP contribution in [0.15, 0.2) is 41.1 Å². The van der Waals surface area contributed by atoms with E-state index < -0.39 is 11.7 Å². The molecule has 1 aromatic heterocycles. The molecule has 1 heterocycles. The van der Waals surface area contributed by atoms with Crippen molar-refractivity contribution in [3.63, 3.8) is 0 Å². The lowest BCUT2D eigenvalue weighted by molar-refractivity contribution is 0.102. The number of methoxy groups -OCH3 is 1. The third-order valence-electron chi connectivity index (χ3n) is 2.43. The van der Waals surface area contributed by atoms with Gasteiger partial charge in [-0.3, -0.25) is 9.78 Å². The monoisotopic (exact) mass is 324 g/mol. The Balaban J connectivity index is 2.28. The Labute approximate surface area is 117 Å². The number of anilines is 1. The molecule has 0 radical (unpaired) electrons. The maximum absolute atomic E-state index is 13.4. The quantitative estimate of drug-likeness (QED) is 0.942. The molecule has 0 aliphatic rings. The first-order chi connectivity index (χ1) is 9.11. The Hall–Kier alpha value is -1.95. The zero-order valence-corrected chi connectivity index (χ0v) is 11.6. The number of halogens is 2. The van der Waals surface area contributed by atoms with Gasteiger partial charge in [0.05, 0.1) is 24.6 Å². The number of carbonyl (C=O) groups excluding carboxylic acids is 1. The van der Waals surface area contributed by atoms with E-state index in [4.69, 9.17) is 4.74 Å². The van der Waals surface area contributed by atoms with E-state index in [0.717, 1.165) is 10.7 Å². The summed E-state index contributed by atoms with van der Waals surface area (Å²) in [5, 5.41) is 2.47. The zero-order chi connectivity index (χ0) is 13.8. The van der Waals surface area contributed by atoms with Crippen LogP contribution in [0.5, 0.6) is 5.75 Å². The van der Waals surface area contributed by atoms with Crippen LogP contribution < -0.4 is 10.1 Å². The highest BCUT2D eigenvalue weighted by atomic mass is 79.9. The Kier molecular flexibility index (Phi) is 4.11. The lowest BCUT2D eigenvalue weighted by Gasteiger charge is -2.10. The fourth-order valence-electron chi connectivity index (χ4n) is 1.52. The predicted molar refractivity (Wildman–Crippen MR) is 72.8 cm³/mol. The van der Waals surface area contributed by atoms with Gasteiger partial charge in [0.25, 0.3) is 5.91 Å². The van der Waals surface area contributed by atoms with Gasteiger partial charge in [0, 0.05) is 10.7 Å². The van der Waals surface area contributed by atoms with E-state index in [2.05, 4.69) is 26.2 Å². The maximum Gasteiger partial charge on any atom is 0.259 e. The molecule has 0 aliphatic carbocycles. The molecule has 19 heavy (non-hydrogen) atoms. The molecule has 98 valence electrons. The highest BCUT2D eigenvalue weighted by molar-refractivity contribution is 9.10. The van der Waals surface area contributed by atoms with Crippen molar-refractivity contribution >= 4 is 27.5 Å². The summed E-state index contributed by atoms with van der Waals surface area (Å²) in [4.78, 5) is 15.7. The zero-order valence-electron chi connectivity index (χ0n) is 9.98. The third-order valence-corrected chi connectivity index (χ3v) is 2.92. The van der Waals surface area contributed by atoms with Crippen LogP contribution in [-0.4, -0.2) is 18.0 Å². The van der Waals surface area contributed by atoms with Crippen molar-refractivity contribution in [3.05, 3.63) is 52.5 Å². The standard InChI is InChI=1S/C13H10BrFN2O2/c1-19-12-6-8(14)2-3-9(12)13(18)17-11-4-5-16-7-10(11)15/h2-7H,1H3,(H,16,17,18). The summed E-state index contributed by atoms with van der Waals surface area (Å²) in [5.74, 6) is -0.636. The molecule has 0 spiro atoms.